The molecule has 1 aliphatic heterocycles. The molecule has 56 valence electrons. The molecule has 0 spiro atoms. The Morgan fingerprint density at radius 3 is 2.80 bits per heavy atom. The summed E-state index contributed by atoms with van der Waals surface area (Å²) in [5, 5.41) is 0. The quantitative estimate of drug-likeness (QED) is 0.538. The molecule has 0 aliphatic carbocycles. The zero-order valence-electron chi connectivity index (χ0n) is 6.83. The molecule has 1 aliphatic rings. The monoisotopic (exact) mass is 138 g/mol. The maximum atomic E-state index is 4.23. The van der Waals surface area contributed by atoms with E-state index in [9.17, 15) is 0 Å². The number of aliphatic imine (C=N–C) groups is 1. The van der Waals surface area contributed by atoms with Crippen molar-refractivity contribution in [3.63, 3.8) is 0 Å². The van der Waals surface area contributed by atoms with Crippen molar-refractivity contribution in [3.05, 3.63) is 12.4 Å². The van der Waals surface area contributed by atoms with Crippen LogP contribution in [0.4, 0.5) is 0 Å². The number of rotatable bonds is 1. The largest absolute Gasteiger partial charge is 0.371 e. The molecule has 10 heavy (non-hydrogen) atoms. The molecule has 1 atom stereocenters. The van der Waals surface area contributed by atoms with Gasteiger partial charge >= 0.3 is 0 Å². The van der Waals surface area contributed by atoms with E-state index in [2.05, 4.69) is 30.8 Å². The van der Waals surface area contributed by atoms with Crippen LogP contribution in [0.5, 0.6) is 0 Å². The van der Waals surface area contributed by atoms with Gasteiger partial charge < -0.3 is 4.90 Å². The molecule has 0 saturated heterocycles. The maximum Gasteiger partial charge on any atom is 0.0660 e. The van der Waals surface area contributed by atoms with Crippen molar-refractivity contribution in [1.29, 1.82) is 0 Å². The van der Waals surface area contributed by atoms with Gasteiger partial charge in [-0.3, -0.25) is 4.99 Å². The normalized spacial score (nSPS) is 24.9. The molecule has 2 heteroatoms. The van der Waals surface area contributed by atoms with Crippen molar-refractivity contribution < 1.29 is 0 Å². The Morgan fingerprint density at radius 1 is 1.70 bits per heavy atom. The topological polar surface area (TPSA) is 15.6 Å². The van der Waals surface area contributed by atoms with Gasteiger partial charge in [0.2, 0.25) is 0 Å². The van der Waals surface area contributed by atoms with Crippen LogP contribution in [0.3, 0.4) is 0 Å². The summed E-state index contributed by atoms with van der Waals surface area (Å²) in [5.74, 6) is 0. The predicted molar refractivity (Wildman–Crippen MR) is 44.1 cm³/mol. The van der Waals surface area contributed by atoms with Gasteiger partial charge in [-0.05, 0) is 13.3 Å². The third-order valence-corrected chi connectivity index (χ3v) is 1.94. The van der Waals surface area contributed by atoms with Gasteiger partial charge in [0.25, 0.3) is 0 Å². The number of nitrogens with zero attached hydrogens (tertiary/aromatic N) is 2. The molecule has 2 nitrogen and oxygen atoms in total. The highest BCUT2D eigenvalue weighted by Gasteiger charge is 2.14. The van der Waals surface area contributed by atoms with Crippen LogP contribution in [0.2, 0.25) is 0 Å². The van der Waals surface area contributed by atoms with Crippen LogP contribution >= 0.6 is 0 Å². The highest BCUT2D eigenvalue weighted by molar-refractivity contribution is 5.88. The van der Waals surface area contributed by atoms with Crippen LogP contribution < -0.4 is 0 Å². The Hall–Kier alpha value is -0.790. The van der Waals surface area contributed by atoms with Crippen LogP contribution in [0, 0.1) is 0 Å². The summed E-state index contributed by atoms with van der Waals surface area (Å²) in [4.78, 5) is 6.42. The zero-order valence-corrected chi connectivity index (χ0v) is 6.83. The first-order chi connectivity index (χ1) is 4.75. The van der Waals surface area contributed by atoms with Gasteiger partial charge in [-0.1, -0.05) is 6.92 Å². The van der Waals surface area contributed by atoms with Crippen molar-refractivity contribution in [2.45, 2.75) is 26.3 Å². The summed E-state index contributed by atoms with van der Waals surface area (Å²) < 4.78 is 0. The van der Waals surface area contributed by atoms with E-state index in [4.69, 9.17) is 0 Å². The van der Waals surface area contributed by atoms with Crippen molar-refractivity contribution in [3.8, 4) is 0 Å². The van der Waals surface area contributed by atoms with E-state index in [1.807, 2.05) is 12.4 Å². The SMILES string of the molecule is CCC1C(C)=NC=CN1C. The third-order valence-electron chi connectivity index (χ3n) is 1.94. The maximum absolute atomic E-state index is 4.23. The molecule has 0 amide bonds. The van der Waals surface area contributed by atoms with Crippen molar-refractivity contribution in [2.24, 2.45) is 4.99 Å². The fourth-order valence-corrected chi connectivity index (χ4v) is 1.32. The molecule has 0 radical (unpaired) electrons. The second-order valence-corrected chi connectivity index (χ2v) is 2.66. The van der Waals surface area contributed by atoms with Crippen molar-refractivity contribution in [1.82, 2.24) is 4.90 Å². The molecule has 0 fully saturated rings. The zero-order chi connectivity index (χ0) is 7.56. The number of hydrogen-bond donors (Lipinski definition) is 0. The van der Waals surface area contributed by atoms with E-state index in [-0.39, 0.29) is 0 Å². The Bertz CT molecular complexity index is 170. The average molecular weight is 138 g/mol. The standard InChI is InChI=1S/C8H14N2/c1-4-8-7(2)9-5-6-10(8)3/h5-6,8H,4H2,1-3H3. The van der Waals surface area contributed by atoms with Gasteiger partial charge in [0, 0.05) is 25.2 Å². The van der Waals surface area contributed by atoms with Gasteiger partial charge in [0.15, 0.2) is 0 Å². The summed E-state index contributed by atoms with van der Waals surface area (Å²) in [6.07, 6.45) is 5.00. The molecule has 0 N–H and O–H groups in total. The predicted octanol–water partition coefficient (Wildman–Crippen LogP) is 1.64. The average Bonchev–Trinajstić information content (AvgIpc) is 1.88. The minimum absolute atomic E-state index is 0.519. The molecule has 1 unspecified atom stereocenters. The van der Waals surface area contributed by atoms with Crippen LogP contribution in [0.25, 0.3) is 0 Å². The summed E-state index contributed by atoms with van der Waals surface area (Å²) in [7, 11) is 2.09. The molecule has 0 saturated carbocycles. The van der Waals surface area contributed by atoms with E-state index >= 15 is 0 Å². The smallest absolute Gasteiger partial charge is 0.0660 e. The molecule has 0 aromatic heterocycles. The molecule has 1 rings (SSSR count). The molecule has 1 heterocycles. The Labute approximate surface area is 62.3 Å². The second-order valence-electron chi connectivity index (χ2n) is 2.66. The summed E-state index contributed by atoms with van der Waals surface area (Å²) in [6.45, 7) is 4.26. The first-order valence-corrected chi connectivity index (χ1v) is 3.68. The lowest BCUT2D eigenvalue weighted by molar-refractivity contribution is 0.388. The summed E-state index contributed by atoms with van der Waals surface area (Å²) >= 11 is 0. The van der Waals surface area contributed by atoms with Crippen molar-refractivity contribution >= 4 is 5.71 Å². The molecule has 0 aromatic carbocycles. The van der Waals surface area contributed by atoms with Gasteiger partial charge in [0.1, 0.15) is 0 Å². The lowest BCUT2D eigenvalue weighted by atomic mass is 10.1. The lowest BCUT2D eigenvalue weighted by Gasteiger charge is -2.27. The van der Waals surface area contributed by atoms with E-state index in [1.54, 1.807) is 0 Å². The minimum Gasteiger partial charge on any atom is -0.371 e. The lowest BCUT2D eigenvalue weighted by Crippen LogP contribution is -2.34. The number of hydrogen-bond acceptors (Lipinski definition) is 2. The first kappa shape index (κ1) is 7.32. The Balaban J connectivity index is 2.71. The van der Waals surface area contributed by atoms with E-state index < -0.39 is 0 Å². The van der Waals surface area contributed by atoms with Gasteiger partial charge in [-0.25, -0.2) is 0 Å². The highest BCUT2D eigenvalue weighted by atomic mass is 15.1. The van der Waals surface area contributed by atoms with Gasteiger partial charge in [0.05, 0.1) is 6.04 Å². The van der Waals surface area contributed by atoms with Crippen molar-refractivity contribution in [2.75, 3.05) is 7.05 Å². The molecule has 0 bridgehead atoms. The highest BCUT2D eigenvalue weighted by Crippen LogP contribution is 2.09. The van der Waals surface area contributed by atoms with Crippen LogP contribution in [-0.2, 0) is 0 Å². The summed E-state index contributed by atoms with van der Waals surface area (Å²) in [6, 6.07) is 0.519. The fourth-order valence-electron chi connectivity index (χ4n) is 1.32. The van der Waals surface area contributed by atoms with Gasteiger partial charge in [-0.2, -0.15) is 0 Å². The molecular formula is C8H14N2. The van der Waals surface area contributed by atoms with E-state index in [0.717, 1.165) is 6.42 Å². The van der Waals surface area contributed by atoms with E-state index in [0.29, 0.717) is 6.04 Å². The molecule has 0 aromatic rings. The van der Waals surface area contributed by atoms with E-state index in [1.165, 1.54) is 5.71 Å². The minimum atomic E-state index is 0.519. The van der Waals surface area contributed by atoms with Crippen LogP contribution in [0.15, 0.2) is 17.4 Å². The third kappa shape index (κ3) is 1.20. The van der Waals surface area contributed by atoms with Crippen LogP contribution in [-0.4, -0.2) is 23.7 Å². The Morgan fingerprint density at radius 2 is 2.40 bits per heavy atom. The van der Waals surface area contributed by atoms with Gasteiger partial charge in [-0.15, -0.1) is 0 Å². The van der Waals surface area contributed by atoms with Crippen LogP contribution in [0.1, 0.15) is 20.3 Å². The summed E-state index contributed by atoms with van der Waals surface area (Å²) in [5.41, 5.74) is 1.22. The Kier molecular flexibility index (Phi) is 2.10. The molecular weight excluding hydrogens is 124 g/mol. The fraction of sp³-hybridized carbons (Fsp3) is 0.625. The first-order valence-electron chi connectivity index (χ1n) is 3.68. The second kappa shape index (κ2) is 2.86.